The third kappa shape index (κ3) is 4.93. The molecule has 7 nitrogen and oxygen atoms in total. The van der Waals surface area contributed by atoms with E-state index in [1.807, 2.05) is 11.0 Å². The van der Waals surface area contributed by atoms with Crippen LogP contribution < -0.4 is 15.1 Å². The third-order valence-corrected chi connectivity index (χ3v) is 5.69. The fourth-order valence-corrected chi connectivity index (χ4v) is 4.01. The molecule has 0 spiro atoms. The number of hydrogen-bond donors (Lipinski definition) is 2. The van der Waals surface area contributed by atoms with Crippen molar-refractivity contribution < 1.29 is 27.1 Å². The summed E-state index contributed by atoms with van der Waals surface area (Å²) < 4.78 is 67.6. The number of halogens is 5. The molecule has 0 aliphatic carbocycles. The Labute approximate surface area is 186 Å². The normalized spacial score (nSPS) is 23.5. The monoisotopic (exact) mass is 468 g/mol. The fraction of sp³-hybridized carbons (Fsp3) is 0.476. The second kappa shape index (κ2) is 8.97. The van der Waals surface area contributed by atoms with Crippen LogP contribution in [0.4, 0.5) is 45.1 Å². The SMILES string of the molecule is N#Cc1cc(N2CCCC(O)C2)ccc1Nc1ncc(C(F)(F)F)c(N2C[C@H](F)[C@@H](F)C2)n1. The number of nitrogens with zero attached hydrogens (tertiary/aromatic N) is 5. The number of anilines is 4. The van der Waals surface area contributed by atoms with Gasteiger partial charge in [0.05, 0.1) is 30.4 Å². The third-order valence-electron chi connectivity index (χ3n) is 5.69. The number of rotatable bonds is 4. The Kier molecular flexibility index (Phi) is 6.25. The van der Waals surface area contributed by atoms with E-state index in [-0.39, 0.29) is 17.2 Å². The first-order valence-corrected chi connectivity index (χ1v) is 10.4. The molecular weight excluding hydrogens is 447 g/mol. The van der Waals surface area contributed by atoms with Gasteiger partial charge in [0.25, 0.3) is 0 Å². The number of β-amino-alcohol motifs (C(OH)–C–C–N with tert-alkyl or cyclic N) is 1. The van der Waals surface area contributed by atoms with E-state index < -0.39 is 49.1 Å². The zero-order valence-corrected chi connectivity index (χ0v) is 17.4. The van der Waals surface area contributed by atoms with Crippen molar-refractivity contribution in [3.63, 3.8) is 0 Å². The van der Waals surface area contributed by atoms with Crippen LogP contribution in [0.1, 0.15) is 24.0 Å². The van der Waals surface area contributed by atoms with Gasteiger partial charge in [0.15, 0.2) is 12.3 Å². The Hall–Kier alpha value is -3.20. The molecule has 2 aliphatic rings. The Morgan fingerprint density at radius 3 is 2.48 bits per heavy atom. The average molecular weight is 468 g/mol. The number of nitriles is 1. The van der Waals surface area contributed by atoms with E-state index in [4.69, 9.17) is 0 Å². The molecule has 0 bridgehead atoms. The van der Waals surface area contributed by atoms with Gasteiger partial charge in [-0.1, -0.05) is 0 Å². The maximum atomic E-state index is 13.6. The van der Waals surface area contributed by atoms with Crippen LogP contribution in [0.5, 0.6) is 0 Å². The number of aromatic nitrogens is 2. The molecule has 12 heteroatoms. The smallest absolute Gasteiger partial charge is 0.391 e. The molecule has 1 unspecified atom stereocenters. The Bertz CT molecular complexity index is 1050. The van der Waals surface area contributed by atoms with Crippen molar-refractivity contribution in [2.45, 2.75) is 37.5 Å². The van der Waals surface area contributed by atoms with Crippen molar-refractivity contribution in [1.29, 1.82) is 5.26 Å². The zero-order chi connectivity index (χ0) is 23.8. The van der Waals surface area contributed by atoms with Crippen molar-refractivity contribution in [3.05, 3.63) is 35.5 Å². The molecule has 1 aromatic heterocycles. The van der Waals surface area contributed by atoms with Gasteiger partial charge in [0, 0.05) is 25.0 Å². The molecule has 2 aromatic rings. The summed E-state index contributed by atoms with van der Waals surface area (Å²) in [4.78, 5) is 10.4. The molecule has 2 fully saturated rings. The van der Waals surface area contributed by atoms with Gasteiger partial charge in [-0.05, 0) is 31.0 Å². The molecule has 3 atom stereocenters. The average Bonchev–Trinajstić information content (AvgIpc) is 3.11. The number of piperidine rings is 1. The lowest BCUT2D eigenvalue weighted by molar-refractivity contribution is -0.137. The Morgan fingerprint density at radius 2 is 1.85 bits per heavy atom. The quantitative estimate of drug-likeness (QED) is 0.664. The highest BCUT2D eigenvalue weighted by atomic mass is 19.4. The lowest BCUT2D eigenvalue weighted by atomic mass is 10.1. The van der Waals surface area contributed by atoms with E-state index in [0.29, 0.717) is 19.2 Å². The van der Waals surface area contributed by atoms with Crippen LogP contribution >= 0.6 is 0 Å². The Balaban J connectivity index is 1.62. The van der Waals surface area contributed by atoms with Gasteiger partial charge in [-0.25, -0.2) is 13.8 Å². The standard InChI is InChI=1S/C21H21F5N6O/c22-16-10-32(11-17(16)23)19-15(21(24,25)26)8-28-20(30-19)29-18-4-3-13(6-12(18)7-27)31-5-1-2-14(33)9-31/h3-4,6,8,14,16-17,33H,1-2,5,9-11H2,(H,28,29,30)/t14?,16-,17-/m0/s1. The predicted octanol–water partition coefficient (Wildman–Crippen LogP) is 3.57. The largest absolute Gasteiger partial charge is 0.421 e. The van der Waals surface area contributed by atoms with Crippen LogP contribution in [-0.4, -0.2) is 59.7 Å². The van der Waals surface area contributed by atoms with Crippen LogP contribution in [0.2, 0.25) is 0 Å². The van der Waals surface area contributed by atoms with Crippen LogP contribution in [0.15, 0.2) is 24.4 Å². The van der Waals surface area contributed by atoms with Crippen LogP contribution in [0, 0.1) is 11.3 Å². The minimum atomic E-state index is -4.81. The molecule has 2 aliphatic heterocycles. The summed E-state index contributed by atoms with van der Waals surface area (Å²) in [6.45, 7) is 0.0477. The summed E-state index contributed by atoms with van der Waals surface area (Å²) in [5, 5.41) is 22.2. The predicted molar refractivity (Wildman–Crippen MR) is 111 cm³/mol. The van der Waals surface area contributed by atoms with Crippen molar-refractivity contribution in [2.24, 2.45) is 0 Å². The molecule has 0 amide bonds. The molecule has 1 aromatic carbocycles. The number of aliphatic hydroxyl groups excluding tert-OH is 1. The summed E-state index contributed by atoms with van der Waals surface area (Å²) in [6.07, 6.45) is -7.03. The molecule has 33 heavy (non-hydrogen) atoms. The van der Waals surface area contributed by atoms with Gasteiger partial charge in [0.2, 0.25) is 5.95 Å². The fourth-order valence-electron chi connectivity index (χ4n) is 4.01. The Morgan fingerprint density at radius 1 is 1.12 bits per heavy atom. The summed E-state index contributed by atoms with van der Waals surface area (Å²) in [7, 11) is 0. The first-order valence-electron chi connectivity index (χ1n) is 10.4. The van der Waals surface area contributed by atoms with Gasteiger partial charge in [0.1, 0.15) is 17.5 Å². The van der Waals surface area contributed by atoms with Gasteiger partial charge in [-0.3, -0.25) is 0 Å². The number of aliphatic hydroxyl groups is 1. The van der Waals surface area contributed by atoms with Crippen LogP contribution in [0.25, 0.3) is 0 Å². The van der Waals surface area contributed by atoms with Gasteiger partial charge in [-0.15, -0.1) is 0 Å². The molecular formula is C21H21F5N6O. The van der Waals surface area contributed by atoms with E-state index >= 15 is 0 Å². The minimum absolute atomic E-state index is 0.200. The molecule has 0 radical (unpaired) electrons. The van der Waals surface area contributed by atoms with E-state index in [1.165, 1.54) is 0 Å². The maximum absolute atomic E-state index is 13.6. The number of hydrogen-bond acceptors (Lipinski definition) is 7. The van der Waals surface area contributed by atoms with Gasteiger partial charge < -0.3 is 20.2 Å². The topological polar surface area (TPSA) is 88.3 Å². The summed E-state index contributed by atoms with van der Waals surface area (Å²) >= 11 is 0. The molecule has 2 N–H and O–H groups in total. The molecule has 2 saturated heterocycles. The summed E-state index contributed by atoms with van der Waals surface area (Å²) in [5.74, 6) is -0.867. The number of alkyl halides is 5. The highest BCUT2D eigenvalue weighted by Crippen LogP contribution is 2.38. The van der Waals surface area contributed by atoms with E-state index in [9.17, 15) is 32.3 Å². The van der Waals surface area contributed by atoms with Crippen molar-refractivity contribution in [3.8, 4) is 6.07 Å². The number of nitrogens with one attached hydrogen (secondary N) is 1. The molecule has 0 saturated carbocycles. The summed E-state index contributed by atoms with van der Waals surface area (Å²) in [6, 6.07) is 6.92. The highest BCUT2D eigenvalue weighted by molar-refractivity contribution is 5.69. The van der Waals surface area contributed by atoms with Crippen molar-refractivity contribution >= 4 is 23.1 Å². The molecule has 176 valence electrons. The van der Waals surface area contributed by atoms with E-state index in [1.54, 1.807) is 18.2 Å². The van der Waals surface area contributed by atoms with Crippen LogP contribution in [0.3, 0.4) is 0 Å². The minimum Gasteiger partial charge on any atom is -0.391 e. The van der Waals surface area contributed by atoms with Crippen molar-refractivity contribution in [2.75, 3.05) is 41.3 Å². The van der Waals surface area contributed by atoms with E-state index in [2.05, 4.69) is 15.3 Å². The number of benzene rings is 1. The first kappa shape index (κ1) is 23.0. The lowest BCUT2D eigenvalue weighted by Crippen LogP contribution is -2.38. The van der Waals surface area contributed by atoms with Gasteiger partial charge in [-0.2, -0.15) is 23.4 Å². The second-order valence-corrected chi connectivity index (χ2v) is 8.07. The van der Waals surface area contributed by atoms with Crippen molar-refractivity contribution in [1.82, 2.24) is 9.97 Å². The molecule has 3 heterocycles. The van der Waals surface area contributed by atoms with Crippen LogP contribution in [-0.2, 0) is 6.18 Å². The zero-order valence-electron chi connectivity index (χ0n) is 17.4. The highest BCUT2D eigenvalue weighted by Gasteiger charge is 2.41. The summed E-state index contributed by atoms with van der Waals surface area (Å²) in [5.41, 5.74) is -0.0112. The maximum Gasteiger partial charge on any atom is 0.421 e. The first-order chi connectivity index (χ1) is 15.7. The van der Waals surface area contributed by atoms with E-state index in [0.717, 1.165) is 23.6 Å². The second-order valence-electron chi connectivity index (χ2n) is 8.07. The lowest BCUT2D eigenvalue weighted by Gasteiger charge is -2.32. The molecule has 4 rings (SSSR count). The van der Waals surface area contributed by atoms with Gasteiger partial charge >= 0.3 is 6.18 Å².